The van der Waals surface area contributed by atoms with Gasteiger partial charge in [-0.25, -0.2) is 8.42 Å². The van der Waals surface area contributed by atoms with Crippen LogP contribution in [0.5, 0.6) is 0 Å². The monoisotopic (exact) mass is 311 g/mol. The topological polar surface area (TPSA) is 75.9 Å². The highest BCUT2D eigenvalue weighted by molar-refractivity contribution is 7.89. The molecule has 2 heterocycles. The second kappa shape index (κ2) is 5.82. The maximum atomic E-state index is 12.9. The Kier molecular flexibility index (Phi) is 4.05. The van der Waals surface area contributed by atoms with Crippen LogP contribution in [0.15, 0.2) is 23.1 Å². The van der Waals surface area contributed by atoms with Crippen molar-refractivity contribution in [2.75, 3.05) is 50.0 Å². The summed E-state index contributed by atoms with van der Waals surface area (Å²) in [5, 5.41) is 0. The Hall–Kier alpha value is -1.31. The number of benzene rings is 1. The van der Waals surface area contributed by atoms with Gasteiger partial charge in [0.15, 0.2) is 0 Å². The molecule has 116 valence electrons. The van der Waals surface area contributed by atoms with Crippen molar-refractivity contribution in [1.29, 1.82) is 0 Å². The zero-order valence-corrected chi connectivity index (χ0v) is 12.8. The van der Waals surface area contributed by atoms with Gasteiger partial charge < -0.3 is 15.4 Å². The second-order valence-corrected chi connectivity index (χ2v) is 7.34. The minimum atomic E-state index is -3.47. The summed E-state index contributed by atoms with van der Waals surface area (Å²) in [5.74, 6) is 0. The molecule has 0 radical (unpaired) electrons. The highest BCUT2D eigenvalue weighted by atomic mass is 32.2. The third-order valence-electron chi connectivity index (χ3n) is 4.02. The Morgan fingerprint density at radius 1 is 1.05 bits per heavy atom. The fourth-order valence-electron chi connectivity index (χ4n) is 2.87. The highest BCUT2D eigenvalue weighted by Gasteiger charge is 2.31. The number of hydrogen-bond acceptors (Lipinski definition) is 5. The van der Waals surface area contributed by atoms with E-state index < -0.39 is 10.0 Å². The molecular weight excluding hydrogens is 290 g/mol. The van der Waals surface area contributed by atoms with Gasteiger partial charge in [-0.15, -0.1) is 0 Å². The van der Waals surface area contributed by atoms with Gasteiger partial charge in [-0.1, -0.05) is 0 Å². The summed E-state index contributed by atoms with van der Waals surface area (Å²) in [4.78, 5) is 2.39. The Labute approximate surface area is 125 Å². The van der Waals surface area contributed by atoms with E-state index in [1.165, 1.54) is 0 Å². The summed E-state index contributed by atoms with van der Waals surface area (Å²) in [6.07, 6.45) is 1.85. The molecule has 1 aromatic carbocycles. The van der Waals surface area contributed by atoms with E-state index in [0.717, 1.165) is 18.5 Å². The number of nitrogens with zero attached hydrogens (tertiary/aromatic N) is 2. The Morgan fingerprint density at radius 2 is 1.71 bits per heavy atom. The molecule has 3 rings (SSSR count). The molecule has 0 aliphatic carbocycles. The predicted octanol–water partition coefficient (Wildman–Crippen LogP) is 0.890. The SMILES string of the molecule is Nc1ccc(N2CCOCC2)c(S(=O)(=O)N2CCCC2)c1. The van der Waals surface area contributed by atoms with Crippen LogP contribution in [0.25, 0.3) is 0 Å². The number of nitrogens with two attached hydrogens (primary N) is 1. The van der Waals surface area contributed by atoms with E-state index in [1.807, 2.05) is 6.07 Å². The molecular formula is C14H21N3O3S. The van der Waals surface area contributed by atoms with Gasteiger partial charge in [0.25, 0.3) is 0 Å². The van der Waals surface area contributed by atoms with Crippen LogP contribution in [0.2, 0.25) is 0 Å². The van der Waals surface area contributed by atoms with Crippen LogP contribution in [0.4, 0.5) is 11.4 Å². The first-order valence-electron chi connectivity index (χ1n) is 7.31. The molecule has 0 bridgehead atoms. The molecule has 0 amide bonds. The smallest absolute Gasteiger partial charge is 0.245 e. The molecule has 2 aliphatic heterocycles. The van der Waals surface area contributed by atoms with Gasteiger partial charge in [0, 0.05) is 31.9 Å². The lowest BCUT2D eigenvalue weighted by Crippen LogP contribution is -2.38. The molecule has 2 saturated heterocycles. The van der Waals surface area contributed by atoms with E-state index in [9.17, 15) is 8.42 Å². The molecule has 0 atom stereocenters. The maximum Gasteiger partial charge on any atom is 0.245 e. The van der Waals surface area contributed by atoms with Crippen molar-refractivity contribution >= 4 is 21.4 Å². The fraction of sp³-hybridized carbons (Fsp3) is 0.571. The lowest BCUT2D eigenvalue weighted by Gasteiger charge is -2.31. The molecule has 0 unspecified atom stereocenters. The van der Waals surface area contributed by atoms with Crippen LogP contribution in [0.1, 0.15) is 12.8 Å². The highest BCUT2D eigenvalue weighted by Crippen LogP contribution is 2.31. The molecule has 2 fully saturated rings. The average molecular weight is 311 g/mol. The van der Waals surface area contributed by atoms with E-state index in [0.29, 0.717) is 50.0 Å². The van der Waals surface area contributed by atoms with E-state index >= 15 is 0 Å². The summed E-state index contributed by atoms with van der Waals surface area (Å²) < 4.78 is 32.6. The van der Waals surface area contributed by atoms with Crippen LogP contribution >= 0.6 is 0 Å². The normalized spacial score (nSPS) is 20.9. The number of sulfonamides is 1. The molecule has 21 heavy (non-hydrogen) atoms. The third kappa shape index (κ3) is 2.86. The Morgan fingerprint density at radius 3 is 2.38 bits per heavy atom. The van der Waals surface area contributed by atoms with Gasteiger partial charge in [-0.2, -0.15) is 4.31 Å². The number of ether oxygens (including phenoxy) is 1. The molecule has 2 aliphatic rings. The van der Waals surface area contributed by atoms with E-state index in [4.69, 9.17) is 10.5 Å². The minimum Gasteiger partial charge on any atom is -0.399 e. The van der Waals surface area contributed by atoms with Gasteiger partial charge in [0.2, 0.25) is 10.0 Å². The summed E-state index contributed by atoms with van der Waals surface area (Å²) in [5.41, 5.74) is 7.04. The van der Waals surface area contributed by atoms with Gasteiger partial charge in [-0.3, -0.25) is 0 Å². The molecule has 7 heteroatoms. The van der Waals surface area contributed by atoms with E-state index in [-0.39, 0.29) is 0 Å². The second-order valence-electron chi connectivity index (χ2n) is 5.44. The molecule has 1 aromatic rings. The van der Waals surface area contributed by atoms with Gasteiger partial charge in [0.05, 0.1) is 18.9 Å². The molecule has 0 aromatic heterocycles. The van der Waals surface area contributed by atoms with Crippen molar-refractivity contribution in [3.63, 3.8) is 0 Å². The molecule has 0 spiro atoms. The summed E-state index contributed by atoms with van der Waals surface area (Å²) in [6.45, 7) is 3.83. The summed E-state index contributed by atoms with van der Waals surface area (Å²) >= 11 is 0. The van der Waals surface area contributed by atoms with Crippen LogP contribution in [-0.2, 0) is 14.8 Å². The van der Waals surface area contributed by atoms with Crippen molar-refractivity contribution in [2.45, 2.75) is 17.7 Å². The zero-order valence-electron chi connectivity index (χ0n) is 12.0. The van der Waals surface area contributed by atoms with Gasteiger partial charge in [0.1, 0.15) is 4.90 Å². The van der Waals surface area contributed by atoms with Crippen molar-refractivity contribution in [2.24, 2.45) is 0 Å². The lowest BCUT2D eigenvalue weighted by atomic mass is 10.2. The van der Waals surface area contributed by atoms with Crippen LogP contribution in [0.3, 0.4) is 0 Å². The first-order chi connectivity index (χ1) is 10.1. The third-order valence-corrected chi connectivity index (χ3v) is 5.95. The number of nitrogen functional groups attached to an aromatic ring is 1. The van der Waals surface area contributed by atoms with Crippen molar-refractivity contribution in [3.05, 3.63) is 18.2 Å². The standard InChI is InChI=1S/C14H21N3O3S/c15-12-3-4-13(16-7-9-20-10-8-16)14(11-12)21(18,19)17-5-1-2-6-17/h3-4,11H,1-2,5-10,15H2. The number of hydrogen-bond donors (Lipinski definition) is 1. The number of anilines is 2. The first kappa shape index (κ1) is 14.6. The van der Waals surface area contributed by atoms with E-state index in [2.05, 4.69) is 4.90 Å². The largest absolute Gasteiger partial charge is 0.399 e. The predicted molar refractivity (Wildman–Crippen MR) is 81.9 cm³/mol. The molecule has 6 nitrogen and oxygen atoms in total. The maximum absolute atomic E-state index is 12.9. The van der Waals surface area contributed by atoms with Crippen LogP contribution in [-0.4, -0.2) is 52.1 Å². The average Bonchev–Trinajstić information content (AvgIpc) is 3.03. The van der Waals surface area contributed by atoms with Crippen molar-refractivity contribution in [1.82, 2.24) is 4.31 Å². The minimum absolute atomic E-state index is 0.325. The van der Waals surface area contributed by atoms with Crippen molar-refractivity contribution in [3.8, 4) is 0 Å². The molecule has 0 saturated carbocycles. The Balaban J connectivity index is 2.01. The molecule has 2 N–H and O–H groups in total. The fourth-order valence-corrected chi connectivity index (χ4v) is 4.63. The number of morpholine rings is 1. The quantitative estimate of drug-likeness (QED) is 0.839. The summed E-state index contributed by atoms with van der Waals surface area (Å²) in [7, 11) is -3.47. The van der Waals surface area contributed by atoms with E-state index in [1.54, 1.807) is 16.4 Å². The van der Waals surface area contributed by atoms with Crippen LogP contribution < -0.4 is 10.6 Å². The summed E-state index contributed by atoms with van der Waals surface area (Å²) in [6, 6.07) is 5.15. The first-order valence-corrected chi connectivity index (χ1v) is 8.75. The Bertz CT molecular complexity index is 606. The van der Waals surface area contributed by atoms with Gasteiger partial charge in [-0.05, 0) is 31.0 Å². The lowest BCUT2D eigenvalue weighted by molar-refractivity contribution is 0.122. The zero-order chi connectivity index (χ0) is 14.9. The van der Waals surface area contributed by atoms with Crippen LogP contribution in [0, 0.1) is 0 Å². The number of rotatable bonds is 3. The van der Waals surface area contributed by atoms with Gasteiger partial charge >= 0.3 is 0 Å². The van der Waals surface area contributed by atoms with Crippen molar-refractivity contribution < 1.29 is 13.2 Å².